The molecule has 0 aliphatic heterocycles. The lowest BCUT2D eigenvalue weighted by Gasteiger charge is -2.32. The number of nitrogens with one attached hydrogen (secondary N) is 2. The van der Waals surface area contributed by atoms with E-state index in [9.17, 15) is 24.4 Å². The standard InChI is InChI=1S/C25H37N5O5/c1-6-7-8-13-28-22(32)21(18-11-9-10-17(2)15-18)30(14-12-26)23(33)19(16-20(27)31)29-24(34)35-25(3,4)5/h9-11,15,19,21H,6-8,13-14,16H2,1-5H3,(H2,27,31)(H,28,32)(H,29,34). The van der Waals surface area contributed by atoms with Crippen LogP contribution in [0.15, 0.2) is 24.3 Å². The first-order valence-electron chi connectivity index (χ1n) is 11.7. The summed E-state index contributed by atoms with van der Waals surface area (Å²) in [5, 5.41) is 14.7. The normalized spacial score (nSPS) is 12.6. The predicted octanol–water partition coefficient (Wildman–Crippen LogP) is 2.46. The molecule has 0 fully saturated rings. The Morgan fingerprint density at radius 3 is 2.43 bits per heavy atom. The van der Waals surface area contributed by atoms with Crippen LogP contribution in [-0.2, 0) is 19.1 Å². The number of nitrogens with zero attached hydrogens (tertiary/aromatic N) is 2. The number of ether oxygens (including phenoxy) is 1. The molecule has 10 nitrogen and oxygen atoms in total. The van der Waals surface area contributed by atoms with Gasteiger partial charge in [0.15, 0.2) is 0 Å². The molecule has 0 aromatic heterocycles. The molecule has 192 valence electrons. The fraction of sp³-hybridized carbons (Fsp3) is 0.560. The lowest BCUT2D eigenvalue weighted by Crippen LogP contribution is -2.54. The summed E-state index contributed by atoms with van der Waals surface area (Å²) >= 11 is 0. The highest BCUT2D eigenvalue weighted by Crippen LogP contribution is 2.24. The average molecular weight is 488 g/mol. The summed E-state index contributed by atoms with van der Waals surface area (Å²) < 4.78 is 5.21. The molecule has 0 saturated heterocycles. The summed E-state index contributed by atoms with van der Waals surface area (Å²) in [6, 6.07) is 6.36. The monoisotopic (exact) mass is 487 g/mol. The van der Waals surface area contributed by atoms with Gasteiger partial charge in [-0.2, -0.15) is 5.26 Å². The summed E-state index contributed by atoms with van der Waals surface area (Å²) in [6.07, 6.45) is 1.21. The number of unbranched alkanes of at least 4 members (excludes halogenated alkanes) is 2. The van der Waals surface area contributed by atoms with Gasteiger partial charge in [0.25, 0.3) is 0 Å². The quantitative estimate of drug-likeness (QED) is 0.304. The second-order valence-corrected chi connectivity index (χ2v) is 9.31. The van der Waals surface area contributed by atoms with Crippen LogP contribution in [-0.4, -0.2) is 53.4 Å². The zero-order valence-electron chi connectivity index (χ0n) is 21.2. The van der Waals surface area contributed by atoms with Crippen LogP contribution in [0.5, 0.6) is 0 Å². The van der Waals surface area contributed by atoms with Crippen LogP contribution in [0.2, 0.25) is 0 Å². The van der Waals surface area contributed by atoms with Gasteiger partial charge in [-0.15, -0.1) is 0 Å². The zero-order chi connectivity index (χ0) is 26.6. The van der Waals surface area contributed by atoms with E-state index in [2.05, 4.69) is 10.6 Å². The molecular weight excluding hydrogens is 450 g/mol. The molecule has 1 rings (SSSR count). The van der Waals surface area contributed by atoms with Crippen LogP contribution >= 0.6 is 0 Å². The SMILES string of the molecule is CCCCCNC(=O)C(c1cccc(C)c1)N(CC#N)C(=O)C(CC(N)=O)NC(=O)OC(C)(C)C. The van der Waals surface area contributed by atoms with E-state index in [-0.39, 0.29) is 0 Å². The Kier molecular flexibility index (Phi) is 11.7. The zero-order valence-corrected chi connectivity index (χ0v) is 21.2. The van der Waals surface area contributed by atoms with Crippen LogP contribution in [0.4, 0.5) is 4.79 Å². The first kappa shape index (κ1) is 29.4. The van der Waals surface area contributed by atoms with Crippen molar-refractivity contribution in [2.24, 2.45) is 5.73 Å². The molecule has 2 atom stereocenters. The van der Waals surface area contributed by atoms with E-state index >= 15 is 0 Å². The Bertz CT molecular complexity index is 935. The highest BCUT2D eigenvalue weighted by Gasteiger charge is 2.36. The molecule has 0 spiro atoms. The molecule has 1 aromatic rings. The number of nitrogens with two attached hydrogens (primary N) is 1. The first-order chi connectivity index (χ1) is 16.4. The van der Waals surface area contributed by atoms with E-state index in [0.29, 0.717) is 12.1 Å². The number of rotatable bonds is 12. The summed E-state index contributed by atoms with van der Waals surface area (Å²) in [5.41, 5.74) is 5.83. The Morgan fingerprint density at radius 2 is 1.89 bits per heavy atom. The number of hydrogen-bond donors (Lipinski definition) is 3. The number of benzene rings is 1. The maximum atomic E-state index is 13.6. The highest BCUT2D eigenvalue weighted by molar-refractivity contribution is 5.94. The number of hydrogen-bond acceptors (Lipinski definition) is 6. The first-order valence-corrected chi connectivity index (χ1v) is 11.7. The number of primary amides is 1. The highest BCUT2D eigenvalue weighted by atomic mass is 16.6. The molecule has 0 aliphatic rings. The molecule has 0 saturated carbocycles. The number of carbonyl (C=O) groups is 4. The van der Waals surface area contributed by atoms with Gasteiger partial charge >= 0.3 is 6.09 Å². The van der Waals surface area contributed by atoms with Crippen molar-refractivity contribution in [2.75, 3.05) is 13.1 Å². The van der Waals surface area contributed by atoms with Gasteiger partial charge in [-0.25, -0.2) is 4.79 Å². The topological polar surface area (TPSA) is 155 Å². The van der Waals surface area contributed by atoms with Gasteiger partial charge in [0.2, 0.25) is 17.7 Å². The number of carbonyl (C=O) groups excluding carboxylic acids is 4. The van der Waals surface area contributed by atoms with Gasteiger partial charge in [0, 0.05) is 6.54 Å². The van der Waals surface area contributed by atoms with Crippen molar-refractivity contribution in [3.05, 3.63) is 35.4 Å². The van der Waals surface area contributed by atoms with Crippen molar-refractivity contribution in [1.29, 1.82) is 5.26 Å². The number of nitriles is 1. The van der Waals surface area contributed by atoms with Crippen molar-refractivity contribution in [1.82, 2.24) is 15.5 Å². The minimum atomic E-state index is -1.42. The van der Waals surface area contributed by atoms with Gasteiger partial charge in [-0.3, -0.25) is 14.4 Å². The van der Waals surface area contributed by atoms with Crippen LogP contribution < -0.4 is 16.4 Å². The van der Waals surface area contributed by atoms with Crippen molar-refractivity contribution in [2.45, 2.75) is 78.0 Å². The Morgan fingerprint density at radius 1 is 1.20 bits per heavy atom. The van der Waals surface area contributed by atoms with Crippen LogP contribution in [0.1, 0.15) is 70.5 Å². The number of aryl methyl sites for hydroxylation is 1. The smallest absolute Gasteiger partial charge is 0.408 e. The Labute approximate surface area is 207 Å². The minimum Gasteiger partial charge on any atom is -0.444 e. The molecule has 0 heterocycles. The molecule has 1 aromatic carbocycles. The molecule has 4 amide bonds. The predicted molar refractivity (Wildman–Crippen MR) is 131 cm³/mol. The fourth-order valence-corrected chi connectivity index (χ4v) is 3.42. The molecule has 4 N–H and O–H groups in total. The van der Waals surface area contributed by atoms with E-state index in [1.54, 1.807) is 39.0 Å². The molecular formula is C25H37N5O5. The second kappa shape index (κ2) is 13.9. The summed E-state index contributed by atoms with van der Waals surface area (Å²) in [7, 11) is 0. The molecule has 10 heteroatoms. The van der Waals surface area contributed by atoms with Gasteiger partial charge in [0.05, 0.1) is 12.5 Å². The van der Waals surface area contributed by atoms with Gasteiger partial charge < -0.3 is 26.0 Å². The summed E-state index contributed by atoms with van der Waals surface area (Å²) in [4.78, 5) is 51.9. The molecule has 0 bridgehead atoms. The number of alkyl carbamates (subject to hydrolysis) is 1. The van der Waals surface area contributed by atoms with Gasteiger partial charge in [-0.05, 0) is 39.7 Å². The lowest BCUT2D eigenvalue weighted by molar-refractivity contribution is -0.142. The van der Waals surface area contributed by atoms with E-state index in [0.717, 1.165) is 29.7 Å². The van der Waals surface area contributed by atoms with Gasteiger partial charge in [-0.1, -0.05) is 49.6 Å². The van der Waals surface area contributed by atoms with E-state index in [4.69, 9.17) is 10.5 Å². The summed E-state index contributed by atoms with van der Waals surface area (Å²) in [5.74, 6) is -2.11. The fourth-order valence-electron chi connectivity index (χ4n) is 3.42. The summed E-state index contributed by atoms with van der Waals surface area (Å²) in [6.45, 7) is 8.79. The molecule has 35 heavy (non-hydrogen) atoms. The number of amides is 4. The Balaban J connectivity index is 3.37. The van der Waals surface area contributed by atoms with Crippen molar-refractivity contribution in [3.63, 3.8) is 0 Å². The van der Waals surface area contributed by atoms with Crippen molar-refractivity contribution >= 4 is 23.8 Å². The lowest BCUT2D eigenvalue weighted by atomic mass is 10.0. The Hall–Kier alpha value is -3.61. The van der Waals surface area contributed by atoms with Crippen LogP contribution in [0, 0.1) is 18.3 Å². The van der Waals surface area contributed by atoms with E-state index in [1.807, 2.05) is 26.0 Å². The van der Waals surface area contributed by atoms with Crippen LogP contribution in [0.3, 0.4) is 0 Å². The molecule has 2 unspecified atom stereocenters. The third kappa shape index (κ3) is 10.5. The molecule has 0 radical (unpaired) electrons. The van der Waals surface area contributed by atoms with E-state index < -0.39 is 54.5 Å². The third-order valence-electron chi connectivity index (χ3n) is 4.92. The maximum Gasteiger partial charge on any atom is 0.408 e. The second-order valence-electron chi connectivity index (χ2n) is 9.31. The average Bonchev–Trinajstić information content (AvgIpc) is 2.74. The van der Waals surface area contributed by atoms with Gasteiger partial charge in [0.1, 0.15) is 24.2 Å². The molecule has 0 aliphatic carbocycles. The minimum absolute atomic E-state index is 0.407. The largest absolute Gasteiger partial charge is 0.444 e. The van der Waals surface area contributed by atoms with Crippen LogP contribution in [0.25, 0.3) is 0 Å². The van der Waals surface area contributed by atoms with Crippen molar-refractivity contribution in [3.8, 4) is 6.07 Å². The van der Waals surface area contributed by atoms with Crippen molar-refractivity contribution < 1.29 is 23.9 Å². The van der Waals surface area contributed by atoms with E-state index in [1.165, 1.54) is 0 Å². The third-order valence-corrected chi connectivity index (χ3v) is 4.92. The maximum absolute atomic E-state index is 13.6.